The molecule has 2 aromatic rings. The number of carboxylic acids is 1. The van der Waals surface area contributed by atoms with Crippen LogP contribution in [-0.2, 0) is 9.59 Å². The van der Waals surface area contributed by atoms with Gasteiger partial charge in [0.15, 0.2) is 0 Å². The number of amides is 1. The Morgan fingerprint density at radius 1 is 1.29 bits per heavy atom. The molecule has 0 atom stereocenters. The molecule has 10 heteroatoms. The second-order valence-electron chi connectivity index (χ2n) is 7.19. The molecule has 0 aliphatic carbocycles. The van der Waals surface area contributed by atoms with Gasteiger partial charge in [0.1, 0.15) is 22.3 Å². The van der Waals surface area contributed by atoms with Crippen LogP contribution in [-0.4, -0.2) is 55.2 Å². The highest BCUT2D eigenvalue weighted by molar-refractivity contribution is 8.26. The van der Waals surface area contributed by atoms with Gasteiger partial charge >= 0.3 is 5.97 Å². The Kier molecular flexibility index (Phi) is 7.11. The number of nitrogens with zero attached hydrogens (tertiary/aromatic N) is 4. The number of thiocarbonyl (C=S) groups is 1. The van der Waals surface area contributed by atoms with Crippen LogP contribution in [0.25, 0.3) is 11.7 Å². The van der Waals surface area contributed by atoms with E-state index in [-0.39, 0.29) is 14.8 Å². The number of rotatable bonds is 8. The van der Waals surface area contributed by atoms with Crippen molar-refractivity contribution in [2.24, 2.45) is 0 Å². The van der Waals surface area contributed by atoms with E-state index in [0.717, 1.165) is 35.1 Å². The second-order valence-corrected chi connectivity index (χ2v) is 8.86. The molecule has 0 unspecified atom stereocenters. The number of carbonyl (C=O) groups excluding carboxylic acids is 1. The van der Waals surface area contributed by atoms with Crippen molar-refractivity contribution in [1.29, 1.82) is 0 Å². The summed E-state index contributed by atoms with van der Waals surface area (Å²) in [5, 5.41) is 9.06. The third kappa shape index (κ3) is 4.64. The zero-order valence-electron chi connectivity index (χ0n) is 17.6. The lowest BCUT2D eigenvalue weighted by atomic mass is 10.2. The number of aromatic nitrogens is 2. The first-order chi connectivity index (χ1) is 14.8. The van der Waals surface area contributed by atoms with Crippen LogP contribution in [0.3, 0.4) is 0 Å². The Balaban J connectivity index is 2.22. The predicted molar refractivity (Wildman–Crippen MR) is 127 cm³/mol. The van der Waals surface area contributed by atoms with Gasteiger partial charge in [-0.25, -0.2) is 4.98 Å². The SMILES string of the molecule is CCCN(CCC)c1nc2c(C)cccn2c(=O)c1/C=C1\SC(=S)N(CC(=O)O)C1=O. The number of anilines is 1. The number of thioether (sulfide) groups is 1. The van der Waals surface area contributed by atoms with Crippen LogP contribution < -0.4 is 10.5 Å². The molecule has 1 saturated heterocycles. The summed E-state index contributed by atoms with van der Waals surface area (Å²) >= 11 is 6.17. The number of hydrogen-bond donors (Lipinski definition) is 1. The first-order valence-electron chi connectivity index (χ1n) is 10.0. The summed E-state index contributed by atoms with van der Waals surface area (Å²) in [6, 6.07) is 3.67. The maximum absolute atomic E-state index is 13.4. The van der Waals surface area contributed by atoms with Gasteiger partial charge in [0, 0.05) is 19.3 Å². The molecule has 1 aliphatic rings. The van der Waals surface area contributed by atoms with Gasteiger partial charge < -0.3 is 10.0 Å². The van der Waals surface area contributed by atoms with E-state index in [2.05, 4.69) is 18.7 Å². The molecule has 0 bridgehead atoms. The zero-order chi connectivity index (χ0) is 22.7. The van der Waals surface area contributed by atoms with E-state index in [1.54, 1.807) is 12.3 Å². The molecule has 0 spiro atoms. The van der Waals surface area contributed by atoms with Crippen LogP contribution in [0.15, 0.2) is 28.0 Å². The van der Waals surface area contributed by atoms with Gasteiger partial charge in [-0.2, -0.15) is 0 Å². The van der Waals surface area contributed by atoms with Crippen LogP contribution in [0.1, 0.15) is 37.8 Å². The molecular weight excluding hydrogens is 436 g/mol. The number of pyridine rings is 1. The van der Waals surface area contributed by atoms with E-state index >= 15 is 0 Å². The van der Waals surface area contributed by atoms with Gasteiger partial charge in [-0.1, -0.05) is 43.9 Å². The van der Waals surface area contributed by atoms with Crippen LogP contribution >= 0.6 is 24.0 Å². The normalized spacial score (nSPS) is 15.3. The molecule has 3 rings (SSSR count). The summed E-state index contributed by atoms with van der Waals surface area (Å²) in [6.45, 7) is 6.91. The summed E-state index contributed by atoms with van der Waals surface area (Å²) in [5.41, 5.74) is 1.44. The Bertz CT molecular complexity index is 1140. The molecule has 8 nitrogen and oxygen atoms in total. The minimum atomic E-state index is -1.15. The third-order valence-corrected chi connectivity index (χ3v) is 6.17. The largest absolute Gasteiger partial charge is 0.480 e. The van der Waals surface area contributed by atoms with Crippen molar-refractivity contribution in [3.8, 4) is 0 Å². The lowest BCUT2D eigenvalue weighted by Gasteiger charge is -2.25. The molecule has 1 amide bonds. The van der Waals surface area contributed by atoms with E-state index < -0.39 is 18.4 Å². The maximum Gasteiger partial charge on any atom is 0.323 e. The van der Waals surface area contributed by atoms with Gasteiger partial charge in [-0.3, -0.25) is 23.7 Å². The Morgan fingerprint density at radius 2 is 1.97 bits per heavy atom. The Labute approximate surface area is 189 Å². The van der Waals surface area contributed by atoms with Gasteiger partial charge in [0.05, 0.1) is 10.5 Å². The quantitative estimate of drug-likeness (QED) is 0.475. The summed E-state index contributed by atoms with van der Waals surface area (Å²) in [5.74, 6) is -1.15. The fraction of sp³-hybridized carbons (Fsp3) is 0.381. The minimum absolute atomic E-state index is 0.156. The van der Waals surface area contributed by atoms with Crippen LogP contribution in [0.2, 0.25) is 0 Å². The van der Waals surface area contributed by atoms with E-state index in [4.69, 9.17) is 22.3 Å². The molecule has 31 heavy (non-hydrogen) atoms. The highest BCUT2D eigenvalue weighted by atomic mass is 32.2. The van der Waals surface area contributed by atoms with Gasteiger partial charge in [-0.15, -0.1) is 0 Å². The molecule has 1 fully saturated rings. The topological polar surface area (TPSA) is 95.2 Å². The van der Waals surface area contributed by atoms with Crippen molar-refractivity contribution in [3.63, 3.8) is 0 Å². The molecule has 2 aromatic heterocycles. The molecular formula is C21H24N4O4S2. The summed E-state index contributed by atoms with van der Waals surface area (Å²) < 4.78 is 1.63. The van der Waals surface area contributed by atoms with Crippen LogP contribution in [0.5, 0.6) is 0 Å². The molecule has 3 heterocycles. The van der Waals surface area contributed by atoms with Gasteiger partial charge in [0.2, 0.25) is 0 Å². The standard InChI is InChI=1S/C21H24N4O4S2/c1-4-8-23(9-5-2)18-14(19(28)24-10-6-7-13(3)17(24)22-18)11-15-20(29)25(12-16(26)27)21(30)31-15/h6-7,10-11H,4-5,8-9,12H2,1-3H3,(H,26,27)/b15-11-. The van der Waals surface area contributed by atoms with Gasteiger partial charge in [0.25, 0.3) is 11.5 Å². The zero-order valence-corrected chi connectivity index (χ0v) is 19.3. The monoisotopic (exact) mass is 460 g/mol. The van der Waals surface area contributed by atoms with Crippen molar-refractivity contribution in [3.05, 3.63) is 44.7 Å². The van der Waals surface area contributed by atoms with E-state index in [1.165, 1.54) is 10.5 Å². The lowest BCUT2D eigenvalue weighted by molar-refractivity contribution is -0.140. The fourth-order valence-electron chi connectivity index (χ4n) is 3.43. The molecule has 1 N–H and O–H groups in total. The van der Waals surface area contributed by atoms with Crippen LogP contribution in [0, 0.1) is 6.92 Å². The number of aliphatic carboxylic acids is 1. The number of hydrogen-bond acceptors (Lipinski definition) is 7. The molecule has 0 radical (unpaired) electrons. The van der Waals surface area contributed by atoms with E-state index in [1.807, 2.05) is 13.0 Å². The highest BCUT2D eigenvalue weighted by Crippen LogP contribution is 2.33. The van der Waals surface area contributed by atoms with Crippen LogP contribution in [0.4, 0.5) is 5.82 Å². The molecule has 1 aliphatic heterocycles. The van der Waals surface area contributed by atoms with Crippen molar-refractivity contribution in [1.82, 2.24) is 14.3 Å². The average molecular weight is 461 g/mol. The van der Waals surface area contributed by atoms with E-state index in [9.17, 15) is 14.4 Å². The Hall–Kier alpha value is -2.72. The van der Waals surface area contributed by atoms with Crippen molar-refractivity contribution < 1.29 is 14.7 Å². The first-order valence-corrected chi connectivity index (χ1v) is 11.2. The Morgan fingerprint density at radius 3 is 2.58 bits per heavy atom. The number of carbonyl (C=O) groups is 2. The summed E-state index contributed by atoms with van der Waals surface area (Å²) in [6.07, 6.45) is 4.89. The van der Waals surface area contributed by atoms with Crippen molar-refractivity contribution >= 4 is 57.7 Å². The fourth-order valence-corrected chi connectivity index (χ4v) is 4.67. The smallest absolute Gasteiger partial charge is 0.323 e. The highest BCUT2D eigenvalue weighted by Gasteiger charge is 2.34. The van der Waals surface area contributed by atoms with E-state index in [0.29, 0.717) is 30.1 Å². The van der Waals surface area contributed by atoms with Gasteiger partial charge in [-0.05, 0) is 37.5 Å². The number of aryl methyl sites for hydroxylation is 1. The second kappa shape index (κ2) is 9.61. The molecule has 164 valence electrons. The summed E-state index contributed by atoms with van der Waals surface area (Å²) in [7, 11) is 0. The molecule has 0 aromatic carbocycles. The lowest BCUT2D eigenvalue weighted by Crippen LogP contribution is -2.33. The molecule has 0 saturated carbocycles. The maximum atomic E-state index is 13.4. The number of fused-ring (bicyclic) bond motifs is 1. The third-order valence-electron chi connectivity index (χ3n) is 4.79. The average Bonchev–Trinajstić information content (AvgIpc) is 2.97. The van der Waals surface area contributed by atoms with Crippen molar-refractivity contribution in [2.75, 3.05) is 24.5 Å². The minimum Gasteiger partial charge on any atom is -0.480 e. The predicted octanol–water partition coefficient (Wildman–Crippen LogP) is 2.92. The number of carboxylic acid groups (broad SMARTS) is 1. The summed E-state index contributed by atoms with van der Waals surface area (Å²) in [4.78, 5) is 45.4. The van der Waals surface area contributed by atoms with Crippen molar-refractivity contribution in [2.45, 2.75) is 33.6 Å². The first kappa shape index (κ1) is 23.0.